The second-order valence-electron chi connectivity index (χ2n) is 6.38. The van der Waals surface area contributed by atoms with Gasteiger partial charge in [-0.3, -0.25) is 4.90 Å². The Labute approximate surface area is 137 Å². The fourth-order valence-corrected chi connectivity index (χ4v) is 3.68. The van der Waals surface area contributed by atoms with Gasteiger partial charge in [0.1, 0.15) is 5.75 Å². The van der Waals surface area contributed by atoms with Gasteiger partial charge in [-0.25, -0.2) is 0 Å². The van der Waals surface area contributed by atoms with Gasteiger partial charge in [0.05, 0.1) is 13.2 Å². The van der Waals surface area contributed by atoms with E-state index >= 15 is 0 Å². The van der Waals surface area contributed by atoms with Gasteiger partial charge >= 0.3 is 0 Å². The van der Waals surface area contributed by atoms with Crippen molar-refractivity contribution in [1.82, 2.24) is 4.90 Å². The maximum Gasteiger partial charge on any atom is 0.123 e. The molecule has 1 aliphatic heterocycles. The fourth-order valence-electron chi connectivity index (χ4n) is 3.30. The minimum Gasteiger partial charge on any atom is -0.496 e. The molecule has 1 fully saturated rings. The predicted octanol–water partition coefficient (Wildman–Crippen LogP) is 3.97. The van der Waals surface area contributed by atoms with E-state index in [1.54, 1.807) is 7.11 Å². The number of methoxy groups -OCH3 is 1. The molecule has 0 bridgehead atoms. The number of hydrogen-bond acceptors (Lipinski definition) is 3. The van der Waals surface area contributed by atoms with Crippen LogP contribution in [0, 0.1) is 5.92 Å². The molecule has 1 saturated heterocycles. The summed E-state index contributed by atoms with van der Waals surface area (Å²) in [5, 5.41) is 0. The quantitative estimate of drug-likeness (QED) is 0.888. The standard InChI is InChI=1S/C17H27BrN2O/c1-12(2)11-20-9-5-4-6-15(19)17(20)14-10-13(18)7-8-16(14)21-3/h7-8,10,12,15,17H,4-6,9,11,19H2,1-3H3. The van der Waals surface area contributed by atoms with Crippen LogP contribution in [0.5, 0.6) is 5.75 Å². The zero-order chi connectivity index (χ0) is 15.4. The molecule has 1 aromatic rings. The summed E-state index contributed by atoms with van der Waals surface area (Å²) in [6, 6.07) is 6.63. The van der Waals surface area contributed by atoms with Crippen LogP contribution in [0.4, 0.5) is 0 Å². The second kappa shape index (κ2) is 7.61. The number of nitrogens with two attached hydrogens (primary N) is 1. The highest BCUT2D eigenvalue weighted by Crippen LogP contribution is 2.36. The molecule has 2 atom stereocenters. The normalized spacial score (nSPS) is 24.1. The van der Waals surface area contributed by atoms with Crippen LogP contribution in [0.1, 0.15) is 44.7 Å². The summed E-state index contributed by atoms with van der Waals surface area (Å²) in [6.45, 7) is 6.73. The van der Waals surface area contributed by atoms with Crippen LogP contribution in [0.3, 0.4) is 0 Å². The highest BCUT2D eigenvalue weighted by Gasteiger charge is 2.31. The Morgan fingerprint density at radius 2 is 2.14 bits per heavy atom. The van der Waals surface area contributed by atoms with Crippen molar-refractivity contribution < 1.29 is 4.74 Å². The lowest BCUT2D eigenvalue weighted by Gasteiger charge is -2.35. The van der Waals surface area contributed by atoms with Crippen molar-refractivity contribution in [2.24, 2.45) is 11.7 Å². The number of nitrogens with zero attached hydrogens (tertiary/aromatic N) is 1. The maximum atomic E-state index is 6.54. The lowest BCUT2D eigenvalue weighted by atomic mass is 9.95. The van der Waals surface area contributed by atoms with Crippen LogP contribution < -0.4 is 10.5 Å². The summed E-state index contributed by atoms with van der Waals surface area (Å²) in [5.41, 5.74) is 7.75. The minimum absolute atomic E-state index is 0.162. The summed E-state index contributed by atoms with van der Waals surface area (Å²) in [4.78, 5) is 2.55. The number of ether oxygens (including phenoxy) is 1. The monoisotopic (exact) mass is 354 g/mol. The Hall–Kier alpha value is -0.580. The number of rotatable bonds is 4. The highest BCUT2D eigenvalue weighted by atomic mass is 79.9. The molecule has 0 saturated carbocycles. The van der Waals surface area contributed by atoms with E-state index in [0.29, 0.717) is 5.92 Å². The number of hydrogen-bond donors (Lipinski definition) is 1. The van der Waals surface area contributed by atoms with Gasteiger partial charge < -0.3 is 10.5 Å². The first-order chi connectivity index (χ1) is 10.0. The fraction of sp³-hybridized carbons (Fsp3) is 0.647. The third-order valence-electron chi connectivity index (χ3n) is 4.14. The Morgan fingerprint density at radius 1 is 1.38 bits per heavy atom. The summed E-state index contributed by atoms with van der Waals surface area (Å²) in [6.07, 6.45) is 3.52. The predicted molar refractivity (Wildman–Crippen MR) is 91.7 cm³/mol. The van der Waals surface area contributed by atoms with Crippen LogP contribution in [0.2, 0.25) is 0 Å². The maximum absolute atomic E-state index is 6.54. The smallest absolute Gasteiger partial charge is 0.123 e. The van der Waals surface area contributed by atoms with Gasteiger partial charge in [0, 0.05) is 22.6 Å². The van der Waals surface area contributed by atoms with Crippen molar-refractivity contribution in [2.75, 3.05) is 20.2 Å². The topological polar surface area (TPSA) is 38.5 Å². The Kier molecular flexibility index (Phi) is 6.08. The molecule has 0 aromatic heterocycles. The Morgan fingerprint density at radius 3 is 2.81 bits per heavy atom. The van der Waals surface area contributed by atoms with Crippen LogP contribution >= 0.6 is 15.9 Å². The molecule has 118 valence electrons. The van der Waals surface area contributed by atoms with E-state index in [9.17, 15) is 0 Å². The highest BCUT2D eigenvalue weighted by molar-refractivity contribution is 9.10. The third kappa shape index (κ3) is 4.21. The third-order valence-corrected chi connectivity index (χ3v) is 4.64. The van der Waals surface area contributed by atoms with E-state index in [2.05, 4.69) is 40.7 Å². The van der Waals surface area contributed by atoms with E-state index in [4.69, 9.17) is 10.5 Å². The number of benzene rings is 1. The molecule has 0 radical (unpaired) electrons. The lowest BCUT2D eigenvalue weighted by molar-refractivity contribution is 0.162. The molecule has 1 aromatic carbocycles. The van der Waals surface area contributed by atoms with Gasteiger partial charge in [-0.1, -0.05) is 36.2 Å². The zero-order valence-electron chi connectivity index (χ0n) is 13.3. The lowest BCUT2D eigenvalue weighted by Crippen LogP contribution is -2.41. The molecule has 21 heavy (non-hydrogen) atoms. The van der Waals surface area contributed by atoms with E-state index in [1.165, 1.54) is 18.4 Å². The summed E-state index contributed by atoms with van der Waals surface area (Å²) in [5.74, 6) is 1.57. The van der Waals surface area contributed by atoms with E-state index in [-0.39, 0.29) is 12.1 Å². The molecular weight excluding hydrogens is 328 g/mol. The number of likely N-dealkylation sites (tertiary alicyclic amines) is 1. The van der Waals surface area contributed by atoms with Crippen molar-refractivity contribution in [3.8, 4) is 5.75 Å². The van der Waals surface area contributed by atoms with Gasteiger partial charge in [-0.2, -0.15) is 0 Å². The Bertz CT molecular complexity index is 464. The average molecular weight is 355 g/mol. The van der Waals surface area contributed by atoms with Gasteiger partial charge in [0.2, 0.25) is 0 Å². The largest absolute Gasteiger partial charge is 0.496 e. The van der Waals surface area contributed by atoms with Crippen molar-refractivity contribution in [3.63, 3.8) is 0 Å². The van der Waals surface area contributed by atoms with E-state index in [0.717, 1.165) is 29.7 Å². The van der Waals surface area contributed by atoms with Crippen LogP contribution in [0.15, 0.2) is 22.7 Å². The number of halogens is 1. The second-order valence-corrected chi connectivity index (χ2v) is 7.30. The first-order valence-electron chi connectivity index (χ1n) is 7.86. The zero-order valence-corrected chi connectivity index (χ0v) is 14.9. The van der Waals surface area contributed by atoms with Gasteiger partial charge in [-0.15, -0.1) is 0 Å². The van der Waals surface area contributed by atoms with Crippen molar-refractivity contribution in [2.45, 2.75) is 45.2 Å². The average Bonchev–Trinajstić information content (AvgIpc) is 2.60. The first-order valence-corrected chi connectivity index (χ1v) is 8.65. The SMILES string of the molecule is COc1ccc(Br)cc1C1C(N)CCCCN1CC(C)C. The molecule has 2 rings (SSSR count). The van der Waals surface area contributed by atoms with Crippen LogP contribution in [0.25, 0.3) is 0 Å². The molecule has 2 unspecified atom stereocenters. The molecule has 1 heterocycles. The van der Waals surface area contributed by atoms with Gasteiger partial charge in [0.15, 0.2) is 0 Å². The van der Waals surface area contributed by atoms with Gasteiger partial charge in [0.25, 0.3) is 0 Å². The summed E-state index contributed by atoms with van der Waals surface area (Å²) < 4.78 is 6.68. The van der Waals surface area contributed by atoms with Crippen LogP contribution in [-0.2, 0) is 0 Å². The van der Waals surface area contributed by atoms with Crippen molar-refractivity contribution in [1.29, 1.82) is 0 Å². The molecule has 1 aliphatic rings. The van der Waals surface area contributed by atoms with Gasteiger partial charge in [-0.05, 0) is 43.5 Å². The van der Waals surface area contributed by atoms with Crippen LogP contribution in [-0.4, -0.2) is 31.1 Å². The molecule has 0 amide bonds. The molecular formula is C17H27BrN2O. The Balaban J connectivity index is 2.40. The molecule has 3 nitrogen and oxygen atoms in total. The molecule has 0 spiro atoms. The summed E-state index contributed by atoms with van der Waals surface area (Å²) >= 11 is 3.59. The van der Waals surface area contributed by atoms with Crippen molar-refractivity contribution >= 4 is 15.9 Å². The van der Waals surface area contributed by atoms with E-state index < -0.39 is 0 Å². The first kappa shape index (κ1) is 16.8. The minimum atomic E-state index is 0.162. The summed E-state index contributed by atoms with van der Waals surface area (Å²) in [7, 11) is 1.74. The van der Waals surface area contributed by atoms with Crippen molar-refractivity contribution in [3.05, 3.63) is 28.2 Å². The van der Waals surface area contributed by atoms with E-state index in [1.807, 2.05) is 12.1 Å². The molecule has 4 heteroatoms. The molecule has 0 aliphatic carbocycles. The molecule has 2 N–H and O–H groups in total.